The molecule has 23 heavy (non-hydrogen) atoms. The van der Waals surface area contributed by atoms with Gasteiger partial charge in [-0.05, 0) is 24.0 Å². The van der Waals surface area contributed by atoms with Crippen molar-refractivity contribution in [3.63, 3.8) is 0 Å². The van der Waals surface area contributed by atoms with Crippen molar-refractivity contribution in [2.75, 3.05) is 11.5 Å². The molecule has 0 saturated carbocycles. The lowest BCUT2D eigenvalue weighted by atomic mass is 10.1. The van der Waals surface area contributed by atoms with E-state index in [1.165, 1.54) is 22.9 Å². The van der Waals surface area contributed by atoms with Gasteiger partial charge < -0.3 is 5.32 Å². The Labute approximate surface area is 140 Å². The first-order valence-corrected chi connectivity index (χ1v) is 8.92. The van der Waals surface area contributed by atoms with Gasteiger partial charge in [0.1, 0.15) is 0 Å². The summed E-state index contributed by atoms with van der Waals surface area (Å²) in [6.07, 6.45) is 1.97. The third kappa shape index (κ3) is 4.02. The fourth-order valence-electron chi connectivity index (χ4n) is 2.89. The van der Waals surface area contributed by atoms with Crippen molar-refractivity contribution in [2.45, 2.75) is 18.9 Å². The van der Waals surface area contributed by atoms with E-state index in [4.69, 9.17) is 0 Å². The Morgan fingerprint density at radius 1 is 1.00 bits per heavy atom. The number of amides is 1. The van der Waals surface area contributed by atoms with Gasteiger partial charge in [0.15, 0.2) is 5.78 Å². The summed E-state index contributed by atoms with van der Waals surface area (Å²) in [5, 5.41) is 3.08. The molecule has 0 heterocycles. The van der Waals surface area contributed by atoms with Crippen LogP contribution >= 0.6 is 11.8 Å². The highest BCUT2D eigenvalue weighted by Crippen LogP contribution is 2.30. The first kappa shape index (κ1) is 15.8. The summed E-state index contributed by atoms with van der Waals surface area (Å²) in [5.74, 6) is 0.711. The Balaban J connectivity index is 1.45. The normalized spacial score (nSPS) is 15.9. The summed E-state index contributed by atoms with van der Waals surface area (Å²) in [4.78, 5) is 24.1. The maximum Gasteiger partial charge on any atom is 0.230 e. The first-order valence-electron chi connectivity index (χ1n) is 7.77. The summed E-state index contributed by atoms with van der Waals surface area (Å²) in [6.45, 7) is 0. The number of carbonyl (C=O) groups is 2. The Morgan fingerprint density at radius 2 is 1.74 bits per heavy atom. The molecule has 0 spiro atoms. The van der Waals surface area contributed by atoms with E-state index in [-0.39, 0.29) is 17.7 Å². The maximum atomic E-state index is 12.1. The molecule has 1 amide bonds. The molecule has 1 unspecified atom stereocenters. The predicted octanol–water partition coefficient (Wildman–Crippen LogP) is 3.41. The molecule has 0 aromatic heterocycles. The molecule has 0 radical (unpaired) electrons. The molecule has 4 heteroatoms. The summed E-state index contributed by atoms with van der Waals surface area (Å²) in [7, 11) is 0. The molecule has 0 bridgehead atoms. The van der Waals surface area contributed by atoms with Crippen LogP contribution in [0.25, 0.3) is 0 Å². The average Bonchev–Trinajstić information content (AvgIpc) is 2.99. The maximum absolute atomic E-state index is 12.1. The van der Waals surface area contributed by atoms with Crippen molar-refractivity contribution in [3.05, 3.63) is 71.3 Å². The third-order valence-corrected chi connectivity index (χ3v) is 4.96. The zero-order valence-electron chi connectivity index (χ0n) is 12.8. The van der Waals surface area contributed by atoms with E-state index in [1.807, 2.05) is 30.3 Å². The number of ketones is 1. The summed E-state index contributed by atoms with van der Waals surface area (Å²) in [6, 6.07) is 17.6. The number of rotatable bonds is 6. The fourth-order valence-corrected chi connectivity index (χ4v) is 3.61. The summed E-state index contributed by atoms with van der Waals surface area (Å²) >= 11 is 1.37. The van der Waals surface area contributed by atoms with Crippen LogP contribution in [0.3, 0.4) is 0 Å². The molecule has 1 N–H and O–H groups in total. The molecule has 1 atom stereocenters. The molecule has 3 rings (SSSR count). The number of benzene rings is 2. The average molecular weight is 325 g/mol. The van der Waals surface area contributed by atoms with Gasteiger partial charge in [0.25, 0.3) is 0 Å². The van der Waals surface area contributed by atoms with E-state index in [1.54, 1.807) is 12.1 Å². The number of aryl methyl sites for hydroxylation is 1. The van der Waals surface area contributed by atoms with E-state index in [0.29, 0.717) is 17.1 Å². The molecular weight excluding hydrogens is 306 g/mol. The highest BCUT2D eigenvalue weighted by atomic mass is 32.2. The number of thioether (sulfide) groups is 1. The van der Waals surface area contributed by atoms with Gasteiger partial charge in [0, 0.05) is 5.56 Å². The minimum absolute atomic E-state index is 0.00225. The Kier molecular flexibility index (Phi) is 5.13. The molecule has 1 aliphatic carbocycles. The summed E-state index contributed by atoms with van der Waals surface area (Å²) < 4.78 is 0. The highest BCUT2D eigenvalue weighted by molar-refractivity contribution is 8.00. The largest absolute Gasteiger partial charge is 0.349 e. The van der Waals surface area contributed by atoms with Crippen LogP contribution in [0, 0.1) is 0 Å². The minimum atomic E-state index is -0.00225. The van der Waals surface area contributed by atoms with Crippen LogP contribution in [0.2, 0.25) is 0 Å². The number of hydrogen-bond acceptors (Lipinski definition) is 3. The van der Waals surface area contributed by atoms with Gasteiger partial charge in [0.2, 0.25) is 5.91 Å². The molecule has 0 aliphatic heterocycles. The molecule has 0 saturated heterocycles. The lowest BCUT2D eigenvalue weighted by Crippen LogP contribution is -2.29. The fraction of sp³-hybridized carbons (Fsp3) is 0.263. The van der Waals surface area contributed by atoms with Gasteiger partial charge in [-0.2, -0.15) is 0 Å². The second-order valence-electron chi connectivity index (χ2n) is 5.64. The zero-order chi connectivity index (χ0) is 16.1. The van der Waals surface area contributed by atoms with Crippen LogP contribution in [0.1, 0.15) is 33.9 Å². The van der Waals surface area contributed by atoms with Crippen LogP contribution in [-0.2, 0) is 11.2 Å². The quantitative estimate of drug-likeness (QED) is 0.828. The highest BCUT2D eigenvalue weighted by Gasteiger charge is 2.23. The van der Waals surface area contributed by atoms with Gasteiger partial charge in [0.05, 0.1) is 17.5 Å². The van der Waals surface area contributed by atoms with Gasteiger partial charge in [-0.3, -0.25) is 9.59 Å². The second kappa shape index (κ2) is 7.47. The zero-order valence-corrected chi connectivity index (χ0v) is 13.6. The molecule has 2 aromatic carbocycles. The molecule has 118 valence electrons. The lowest BCUT2D eigenvalue weighted by Gasteiger charge is -2.13. The van der Waals surface area contributed by atoms with E-state index in [9.17, 15) is 9.59 Å². The van der Waals surface area contributed by atoms with Crippen molar-refractivity contribution in [1.29, 1.82) is 0 Å². The number of nitrogens with one attached hydrogen (secondary N) is 1. The van der Waals surface area contributed by atoms with Crippen molar-refractivity contribution in [2.24, 2.45) is 0 Å². The molecule has 2 aromatic rings. The number of fused-ring (bicyclic) bond motifs is 1. The smallest absolute Gasteiger partial charge is 0.230 e. The first-order chi connectivity index (χ1) is 11.2. The second-order valence-corrected chi connectivity index (χ2v) is 6.63. The topological polar surface area (TPSA) is 46.2 Å². The lowest BCUT2D eigenvalue weighted by molar-refractivity contribution is -0.119. The monoisotopic (exact) mass is 325 g/mol. The molecule has 1 aliphatic rings. The van der Waals surface area contributed by atoms with E-state index in [2.05, 4.69) is 17.4 Å². The predicted molar refractivity (Wildman–Crippen MR) is 93.7 cm³/mol. The summed E-state index contributed by atoms with van der Waals surface area (Å²) in [5.41, 5.74) is 3.25. The van der Waals surface area contributed by atoms with Gasteiger partial charge in [-0.1, -0.05) is 54.6 Å². The SMILES string of the molecule is O=C(CSCC(=O)c1ccccc1)NC1CCc2ccccc21. The Bertz CT molecular complexity index is 700. The van der Waals surface area contributed by atoms with Crippen molar-refractivity contribution in [3.8, 4) is 0 Å². The van der Waals surface area contributed by atoms with E-state index >= 15 is 0 Å². The van der Waals surface area contributed by atoms with Gasteiger partial charge >= 0.3 is 0 Å². The molecular formula is C19H19NO2S. The number of Topliss-reactive ketones (excluding diaryl/α,β-unsaturated/α-hetero) is 1. The Hall–Kier alpha value is -2.07. The van der Waals surface area contributed by atoms with Crippen LogP contribution in [0.15, 0.2) is 54.6 Å². The molecule has 0 fully saturated rings. The van der Waals surface area contributed by atoms with Crippen molar-refractivity contribution in [1.82, 2.24) is 5.32 Å². The standard InChI is InChI=1S/C19H19NO2S/c21-18(15-7-2-1-3-8-15)12-23-13-19(22)20-17-11-10-14-6-4-5-9-16(14)17/h1-9,17H,10-13H2,(H,20,22). The minimum Gasteiger partial charge on any atom is -0.349 e. The Morgan fingerprint density at radius 3 is 2.57 bits per heavy atom. The number of carbonyl (C=O) groups excluding carboxylic acids is 2. The van der Waals surface area contributed by atoms with Crippen LogP contribution in [0.4, 0.5) is 0 Å². The van der Waals surface area contributed by atoms with Gasteiger partial charge in [-0.15, -0.1) is 11.8 Å². The number of hydrogen-bond donors (Lipinski definition) is 1. The van der Waals surface area contributed by atoms with Crippen LogP contribution in [-0.4, -0.2) is 23.2 Å². The van der Waals surface area contributed by atoms with Crippen molar-refractivity contribution >= 4 is 23.5 Å². The van der Waals surface area contributed by atoms with E-state index < -0.39 is 0 Å². The van der Waals surface area contributed by atoms with Crippen LogP contribution in [0.5, 0.6) is 0 Å². The van der Waals surface area contributed by atoms with Gasteiger partial charge in [-0.25, -0.2) is 0 Å². The third-order valence-electron chi connectivity index (χ3n) is 4.03. The van der Waals surface area contributed by atoms with E-state index in [0.717, 1.165) is 12.8 Å². The van der Waals surface area contributed by atoms with Crippen LogP contribution < -0.4 is 5.32 Å². The molecule has 3 nitrogen and oxygen atoms in total. The van der Waals surface area contributed by atoms with Crippen molar-refractivity contribution < 1.29 is 9.59 Å².